The quantitative estimate of drug-likeness (QED) is 0.879. The number of nitrogens with one attached hydrogen (secondary N) is 1. The predicted octanol–water partition coefficient (Wildman–Crippen LogP) is 3.05. The number of rotatable bonds is 6. The average molecular weight is 328 g/mol. The van der Waals surface area contributed by atoms with Crippen molar-refractivity contribution in [3.63, 3.8) is 0 Å². The smallest absolute Gasteiger partial charge is 0.166 e. The van der Waals surface area contributed by atoms with Crippen molar-refractivity contribution in [2.75, 3.05) is 25.1 Å². The second-order valence-corrected chi connectivity index (χ2v) is 6.47. The van der Waals surface area contributed by atoms with E-state index in [4.69, 9.17) is 9.47 Å². The monoisotopic (exact) mass is 328 g/mol. The van der Waals surface area contributed by atoms with Crippen LogP contribution in [0.5, 0.6) is 0 Å². The van der Waals surface area contributed by atoms with Gasteiger partial charge in [-0.1, -0.05) is 6.92 Å². The number of aryl methyl sites for hydroxylation is 1. The summed E-state index contributed by atoms with van der Waals surface area (Å²) < 4.78 is 11.4. The Morgan fingerprint density at radius 1 is 1.21 bits per heavy atom. The molecule has 3 rings (SSSR count). The highest BCUT2D eigenvalue weighted by molar-refractivity contribution is 5.56. The molecule has 0 saturated carbocycles. The highest BCUT2D eigenvalue weighted by atomic mass is 16.7. The summed E-state index contributed by atoms with van der Waals surface area (Å²) in [6, 6.07) is 5.79. The SMILES string of the molecule is Cc1cc(NCC(C)CC2(C)OCCO2)nc(-c2ccncc2)n1. The topological polar surface area (TPSA) is 69.2 Å². The molecule has 0 radical (unpaired) electrons. The fraction of sp³-hybridized carbons (Fsp3) is 0.500. The summed E-state index contributed by atoms with van der Waals surface area (Å²) in [5.41, 5.74) is 1.89. The minimum atomic E-state index is -0.453. The molecule has 2 aromatic heterocycles. The van der Waals surface area contributed by atoms with Crippen LogP contribution >= 0.6 is 0 Å². The lowest BCUT2D eigenvalue weighted by Crippen LogP contribution is -2.30. The van der Waals surface area contributed by atoms with E-state index in [1.807, 2.05) is 32.0 Å². The van der Waals surface area contributed by atoms with Crippen LogP contribution in [0.15, 0.2) is 30.6 Å². The zero-order valence-corrected chi connectivity index (χ0v) is 14.5. The minimum Gasteiger partial charge on any atom is -0.370 e. The van der Waals surface area contributed by atoms with Gasteiger partial charge < -0.3 is 14.8 Å². The van der Waals surface area contributed by atoms with E-state index in [9.17, 15) is 0 Å². The van der Waals surface area contributed by atoms with Crippen LogP contribution in [0.1, 0.15) is 26.0 Å². The molecule has 1 unspecified atom stereocenters. The highest BCUT2D eigenvalue weighted by Gasteiger charge is 2.32. The van der Waals surface area contributed by atoms with Gasteiger partial charge in [0.25, 0.3) is 0 Å². The molecule has 6 heteroatoms. The molecule has 0 aromatic carbocycles. The fourth-order valence-electron chi connectivity index (χ4n) is 2.95. The van der Waals surface area contributed by atoms with Crippen LogP contribution in [0.4, 0.5) is 5.82 Å². The Bertz CT molecular complexity index is 672. The zero-order valence-electron chi connectivity index (χ0n) is 14.5. The van der Waals surface area contributed by atoms with Crippen LogP contribution in [-0.4, -0.2) is 40.5 Å². The van der Waals surface area contributed by atoms with Gasteiger partial charge in [0.1, 0.15) is 5.82 Å². The van der Waals surface area contributed by atoms with Crippen LogP contribution in [0, 0.1) is 12.8 Å². The molecule has 0 amide bonds. The van der Waals surface area contributed by atoms with Gasteiger partial charge in [-0.2, -0.15) is 0 Å². The van der Waals surface area contributed by atoms with E-state index in [-0.39, 0.29) is 0 Å². The molecular formula is C18H24N4O2. The molecule has 1 N–H and O–H groups in total. The van der Waals surface area contributed by atoms with E-state index in [0.29, 0.717) is 25.0 Å². The second kappa shape index (κ2) is 7.23. The van der Waals surface area contributed by atoms with Crippen LogP contribution in [0.2, 0.25) is 0 Å². The summed E-state index contributed by atoms with van der Waals surface area (Å²) in [5, 5.41) is 3.41. The van der Waals surface area contributed by atoms with Crippen molar-refractivity contribution in [3.8, 4) is 11.4 Å². The largest absolute Gasteiger partial charge is 0.370 e. The van der Waals surface area contributed by atoms with Gasteiger partial charge in [-0.05, 0) is 31.9 Å². The first-order chi connectivity index (χ1) is 11.5. The standard InChI is InChI=1S/C18H24N4O2/c1-13(11-18(3)23-8-9-24-18)12-20-16-10-14(2)21-17(22-16)15-4-6-19-7-5-15/h4-7,10,13H,8-9,11-12H2,1-3H3,(H,20,21,22). The van der Waals surface area contributed by atoms with Crippen molar-refractivity contribution in [2.24, 2.45) is 5.92 Å². The van der Waals surface area contributed by atoms with Crippen LogP contribution in [0.25, 0.3) is 11.4 Å². The number of ether oxygens (including phenoxy) is 2. The van der Waals surface area contributed by atoms with E-state index in [1.54, 1.807) is 12.4 Å². The number of hydrogen-bond acceptors (Lipinski definition) is 6. The molecule has 0 bridgehead atoms. The van der Waals surface area contributed by atoms with Crippen LogP contribution < -0.4 is 5.32 Å². The van der Waals surface area contributed by atoms with E-state index in [2.05, 4.69) is 27.2 Å². The fourth-order valence-corrected chi connectivity index (χ4v) is 2.95. The lowest BCUT2D eigenvalue weighted by Gasteiger charge is -2.26. The highest BCUT2D eigenvalue weighted by Crippen LogP contribution is 2.27. The van der Waals surface area contributed by atoms with Crippen molar-refractivity contribution >= 4 is 5.82 Å². The summed E-state index contributed by atoms with van der Waals surface area (Å²) in [4.78, 5) is 13.2. The Morgan fingerprint density at radius 2 is 1.92 bits per heavy atom. The van der Waals surface area contributed by atoms with E-state index < -0.39 is 5.79 Å². The molecular weight excluding hydrogens is 304 g/mol. The Balaban J connectivity index is 1.64. The van der Waals surface area contributed by atoms with E-state index >= 15 is 0 Å². The number of hydrogen-bond donors (Lipinski definition) is 1. The van der Waals surface area contributed by atoms with Gasteiger partial charge in [0.15, 0.2) is 11.6 Å². The molecule has 1 atom stereocenters. The Hall–Kier alpha value is -2.05. The third-order valence-corrected chi connectivity index (χ3v) is 4.04. The van der Waals surface area contributed by atoms with E-state index in [1.165, 1.54) is 0 Å². The number of aromatic nitrogens is 3. The van der Waals surface area contributed by atoms with Crippen molar-refractivity contribution in [2.45, 2.75) is 33.0 Å². The van der Waals surface area contributed by atoms with E-state index in [0.717, 1.165) is 30.0 Å². The van der Waals surface area contributed by atoms with Gasteiger partial charge in [-0.15, -0.1) is 0 Å². The van der Waals surface area contributed by atoms with Crippen LogP contribution in [-0.2, 0) is 9.47 Å². The van der Waals surface area contributed by atoms with Crippen molar-refractivity contribution in [3.05, 3.63) is 36.3 Å². The Labute approximate surface area is 142 Å². The molecule has 128 valence electrons. The predicted molar refractivity (Wildman–Crippen MR) is 92.6 cm³/mol. The molecule has 6 nitrogen and oxygen atoms in total. The molecule has 1 aliphatic rings. The van der Waals surface area contributed by atoms with Gasteiger partial charge in [0.2, 0.25) is 0 Å². The molecule has 1 fully saturated rings. The molecule has 2 aromatic rings. The zero-order chi connectivity index (χ0) is 17.0. The lowest BCUT2D eigenvalue weighted by atomic mass is 10.0. The van der Waals surface area contributed by atoms with Gasteiger partial charge in [-0.3, -0.25) is 4.98 Å². The van der Waals surface area contributed by atoms with Crippen LogP contribution in [0.3, 0.4) is 0 Å². The molecule has 0 aliphatic carbocycles. The Morgan fingerprint density at radius 3 is 2.62 bits per heavy atom. The molecule has 24 heavy (non-hydrogen) atoms. The van der Waals surface area contributed by atoms with Gasteiger partial charge in [0.05, 0.1) is 13.2 Å². The van der Waals surface area contributed by atoms with Gasteiger partial charge in [-0.25, -0.2) is 9.97 Å². The normalized spacial score (nSPS) is 17.6. The first-order valence-electron chi connectivity index (χ1n) is 8.32. The minimum absolute atomic E-state index is 0.396. The lowest BCUT2D eigenvalue weighted by molar-refractivity contribution is -0.153. The van der Waals surface area contributed by atoms with Gasteiger partial charge >= 0.3 is 0 Å². The van der Waals surface area contributed by atoms with Gasteiger partial charge in [0, 0.05) is 42.7 Å². The summed E-state index contributed by atoms with van der Waals surface area (Å²) in [6.45, 7) is 8.32. The number of nitrogens with zero attached hydrogens (tertiary/aromatic N) is 3. The first-order valence-corrected chi connectivity index (χ1v) is 8.32. The number of pyridine rings is 1. The van der Waals surface area contributed by atoms with Crippen molar-refractivity contribution in [1.82, 2.24) is 15.0 Å². The molecule has 0 spiro atoms. The Kier molecular flexibility index (Phi) is 5.06. The maximum Gasteiger partial charge on any atom is 0.166 e. The maximum absolute atomic E-state index is 5.68. The third-order valence-electron chi connectivity index (χ3n) is 4.04. The van der Waals surface area contributed by atoms with Crippen molar-refractivity contribution < 1.29 is 9.47 Å². The number of anilines is 1. The molecule has 3 heterocycles. The first kappa shape index (κ1) is 16.8. The maximum atomic E-state index is 5.68. The summed E-state index contributed by atoms with van der Waals surface area (Å²) in [6.07, 6.45) is 4.35. The third kappa shape index (κ3) is 4.27. The summed E-state index contributed by atoms with van der Waals surface area (Å²) in [7, 11) is 0. The van der Waals surface area contributed by atoms with Crippen molar-refractivity contribution in [1.29, 1.82) is 0 Å². The average Bonchev–Trinajstić information content (AvgIpc) is 2.99. The second-order valence-electron chi connectivity index (χ2n) is 6.47. The summed E-state index contributed by atoms with van der Waals surface area (Å²) in [5.74, 6) is 1.49. The molecule has 1 aliphatic heterocycles. The molecule has 1 saturated heterocycles. The summed E-state index contributed by atoms with van der Waals surface area (Å²) >= 11 is 0.